The van der Waals surface area contributed by atoms with E-state index in [1.165, 1.54) is 0 Å². The number of ether oxygens (including phenoxy) is 1. The van der Waals surface area contributed by atoms with Gasteiger partial charge in [-0.1, -0.05) is 41.4 Å². The third kappa shape index (κ3) is 6.72. The normalized spacial score (nSPS) is 12.0. The maximum Gasteiger partial charge on any atom is 0.320 e. The first-order valence-corrected chi connectivity index (χ1v) is 10.3. The predicted molar refractivity (Wildman–Crippen MR) is 108 cm³/mol. The molecule has 0 spiro atoms. The Morgan fingerprint density at radius 3 is 2.46 bits per heavy atom. The molecule has 2 N–H and O–H groups in total. The molecule has 0 saturated heterocycles. The molecule has 0 amide bonds. The molecule has 0 aliphatic rings. The number of carboxylic acids is 1. The molecule has 4 nitrogen and oxygen atoms in total. The average molecular weight is 414 g/mol. The van der Waals surface area contributed by atoms with Crippen LogP contribution in [0.15, 0.2) is 42.5 Å². The predicted octanol–water partition coefficient (Wildman–Crippen LogP) is 4.87. The standard InChI is InChI=1S/C19H21Cl2NO3S/c1-26-9-8-18(19(23)24)22-11-13-2-5-15(6-3-13)25-12-14-4-7-16(20)17(21)10-14/h2-7,10,18,22H,8-9,11-12H2,1H3,(H,23,24). The van der Waals surface area contributed by atoms with Gasteiger partial charge in [-0.05, 0) is 53.8 Å². The Bertz CT molecular complexity index is 725. The molecule has 0 aliphatic heterocycles. The Balaban J connectivity index is 1.85. The van der Waals surface area contributed by atoms with Crippen LogP contribution in [0.5, 0.6) is 5.75 Å². The molecule has 0 bridgehead atoms. The Labute approximate surface area is 167 Å². The molecule has 7 heteroatoms. The van der Waals surface area contributed by atoms with E-state index < -0.39 is 12.0 Å². The van der Waals surface area contributed by atoms with Gasteiger partial charge in [0, 0.05) is 6.54 Å². The summed E-state index contributed by atoms with van der Waals surface area (Å²) in [4.78, 5) is 11.2. The zero-order chi connectivity index (χ0) is 18.9. The summed E-state index contributed by atoms with van der Waals surface area (Å²) in [6.45, 7) is 0.892. The third-order valence-electron chi connectivity index (χ3n) is 3.77. The van der Waals surface area contributed by atoms with Gasteiger partial charge in [-0.25, -0.2) is 0 Å². The monoisotopic (exact) mass is 413 g/mol. The minimum atomic E-state index is -0.819. The fraction of sp³-hybridized carbons (Fsp3) is 0.316. The van der Waals surface area contributed by atoms with Crippen molar-refractivity contribution < 1.29 is 14.6 Å². The highest BCUT2D eigenvalue weighted by Gasteiger charge is 2.15. The minimum Gasteiger partial charge on any atom is -0.489 e. The summed E-state index contributed by atoms with van der Waals surface area (Å²) in [5.74, 6) is 0.725. The molecular formula is C19H21Cl2NO3S. The molecule has 0 aliphatic carbocycles. The molecular weight excluding hydrogens is 393 g/mol. The number of carbonyl (C=O) groups is 1. The molecule has 2 aromatic carbocycles. The maximum atomic E-state index is 11.2. The highest BCUT2D eigenvalue weighted by molar-refractivity contribution is 7.98. The second kappa shape index (κ2) is 10.7. The van der Waals surface area contributed by atoms with Crippen LogP contribution >= 0.6 is 35.0 Å². The first-order valence-electron chi connectivity index (χ1n) is 8.10. The zero-order valence-corrected chi connectivity index (χ0v) is 16.7. The van der Waals surface area contributed by atoms with Crippen LogP contribution in [0.4, 0.5) is 0 Å². The van der Waals surface area contributed by atoms with Gasteiger partial charge in [-0.15, -0.1) is 0 Å². The molecule has 2 aromatic rings. The summed E-state index contributed by atoms with van der Waals surface area (Å²) >= 11 is 13.5. The van der Waals surface area contributed by atoms with Crippen molar-refractivity contribution in [2.24, 2.45) is 0 Å². The Morgan fingerprint density at radius 2 is 1.85 bits per heavy atom. The maximum absolute atomic E-state index is 11.2. The van der Waals surface area contributed by atoms with E-state index >= 15 is 0 Å². The number of rotatable bonds is 10. The Morgan fingerprint density at radius 1 is 1.15 bits per heavy atom. The number of thioether (sulfide) groups is 1. The zero-order valence-electron chi connectivity index (χ0n) is 14.4. The SMILES string of the molecule is CSCCC(NCc1ccc(OCc2ccc(Cl)c(Cl)c2)cc1)C(=O)O. The fourth-order valence-corrected chi connectivity index (χ4v) is 3.08. The summed E-state index contributed by atoms with van der Waals surface area (Å²) in [7, 11) is 0. The van der Waals surface area contributed by atoms with Crippen LogP contribution in [-0.4, -0.2) is 29.1 Å². The van der Waals surface area contributed by atoms with Gasteiger partial charge in [-0.2, -0.15) is 11.8 Å². The van der Waals surface area contributed by atoms with Gasteiger partial charge < -0.3 is 15.2 Å². The molecule has 0 aromatic heterocycles. The number of benzene rings is 2. The lowest BCUT2D eigenvalue weighted by molar-refractivity contribution is -0.139. The van der Waals surface area contributed by atoms with Crippen molar-refractivity contribution in [1.29, 1.82) is 0 Å². The molecule has 2 rings (SSSR count). The lowest BCUT2D eigenvalue weighted by Crippen LogP contribution is -2.36. The van der Waals surface area contributed by atoms with E-state index in [4.69, 9.17) is 27.9 Å². The molecule has 0 radical (unpaired) electrons. The average Bonchev–Trinajstić information content (AvgIpc) is 2.63. The highest BCUT2D eigenvalue weighted by atomic mass is 35.5. The van der Waals surface area contributed by atoms with Gasteiger partial charge in [0.25, 0.3) is 0 Å². The minimum absolute atomic E-state index is 0.393. The Hall–Kier alpha value is -1.40. The fourth-order valence-electron chi connectivity index (χ4n) is 2.29. The number of hydrogen-bond acceptors (Lipinski definition) is 4. The third-order valence-corrected chi connectivity index (χ3v) is 5.16. The number of aliphatic carboxylic acids is 1. The van der Waals surface area contributed by atoms with Crippen LogP contribution in [0.25, 0.3) is 0 Å². The van der Waals surface area contributed by atoms with Gasteiger partial charge in [0.15, 0.2) is 0 Å². The highest BCUT2D eigenvalue weighted by Crippen LogP contribution is 2.23. The van der Waals surface area contributed by atoms with Crippen molar-refractivity contribution in [2.45, 2.75) is 25.6 Å². The Kier molecular flexibility index (Phi) is 8.59. The summed E-state index contributed by atoms with van der Waals surface area (Å²) in [6.07, 6.45) is 2.57. The van der Waals surface area contributed by atoms with Crippen LogP contribution < -0.4 is 10.1 Å². The number of carboxylic acid groups (broad SMARTS) is 1. The van der Waals surface area contributed by atoms with E-state index in [2.05, 4.69) is 5.32 Å². The first kappa shape index (κ1) is 20.9. The second-order valence-corrected chi connectivity index (χ2v) is 7.53. The topological polar surface area (TPSA) is 58.6 Å². The van der Waals surface area contributed by atoms with Gasteiger partial charge in [-0.3, -0.25) is 4.79 Å². The van der Waals surface area contributed by atoms with Crippen molar-refractivity contribution in [3.63, 3.8) is 0 Å². The van der Waals surface area contributed by atoms with Crippen LogP contribution in [0, 0.1) is 0 Å². The summed E-state index contributed by atoms with van der Waals surface area (Å²) < 4.78 is 5.74. The molecule has 0 saturated carbocycles. The van der Waals surface area contributed by atoms with Gasteiger partial charge in [0.2, 0.25) is 0 Å². The van der Waals surface area contributed by atoms with Crippen molar-refractivity contribution in [3.8, 4) is 5.75 Å². The van der Waals surface area contributed by atoms with E-state index in [0.29, 0.717) is 29.6 Å². The summed E-state index contributed by atoms with van der Waals surface area (Å²) in [6, 6.07) is 12.4. The molecule has 26 heavy (non-hydrogen) atoms. The number of halogens is 2. The van der Waals surface area contributed by atoms with Crippen molar-refractivity contribution in [3.05, 3.63) is 63.6 Å². The molecule has 0 fully saturated rings. The molecule has 140 valence electrons. The van der Waals surface area contributed by atoms with Gasteiger partial charge in [0.05, 0.1) is 10.0 Å². The summed E-state index contributed by atoms with van der Waals surface area (Å²) in [5, 5.41) is 13.3. The van der Waals surface area contributed by atoms with E-state index in [9.17, 15) is 9.90 Å². The smallest absolute Gasteiger partial charge is 0.320 e. The lowest BCUT2D eigenvalue weighted by Gasteiger charge is -2.14. The molecule has 0 heterocycles. The number of nitrogens with one attached hydrogen (secondary N) is 1. The first-order chi connectivity index (χ1) is 12.5. The molecule has 1 unspecified atom stereocenters. The van der Waals surface area contributed by atoms with Crippen LogP contribution in [0.2, 0.25) is 10.0 Å². The second-order valence-electron chi connectivity index (χ2n) is 5.73. The molecule has 1 atom stereocenters. The van der Waals surface area contributed by atoms with E-state index in [0.717, 1.165) is 22.6 Å². The van der Waals surface area contributed by atoms with Gasteiger partial charge >= 0.3 is 5.97 Å². The summed E-state index contributed by atoms with van der Waals surface area (Å²) in [5.41, 5.74) is 1.94. The van der Waals surface area contributed by atoms with E-state index in [-0.39, 0.29) is 0 Å². The van der Waals surface area contributed by atoms with E-state index in [1.807, 2.05) is 36.6 Å². The quantitative estimate of drug-likeness (QED) is 0.581. The van der Waals surface area contributed by atoms with E-state index in [1.54, 1.807) is 23.9 Å². The van der Waals surface area contributed by atoms with Crippen molar-refractivity contribution in [2.75, 3.05) is 12.0 Å². The van der Waals surface area contributed by atoms with Crippen LogP contribution in [0.1, 0.15) is 17.5 Å². The number of hydrogen-bond donors (Lipinski definition) is 2. The lowest BCUT2D eigenvalue weighted by atomic mass is 10.1. The van der Waals surface area contributed by atoms with Crippen molar-refractivity contribution in [1.82, 2.24) is 5.32 Å². The largest absolute Gasteiger partial charge is 0.489 e. The van der Waals surface area contributed by atoms with Crippen LogP contribution in [-0.2, 0) is 17.9 Å². The van der Waals surface area contributed by atoms with Crippen molar-refractivity contribution >= 4 is 40.9 Å². The van der Waals surface area contributed by atoms with Gasteiger partial charge in [0.1, 0.15) is 18.4 Å². The van der Waals surface area contributed by atoms with Crippen LogP contribution in [0.3, 0.4) is 0 Å².